The van der Waals surface area contributed by atoms with Crippen LogP contribution >= 0.6 is 11.3 Å². The highest BCUT2D eigenvalue weighted by Gasteiger charge is 2.38. The number of aromatic nitrogens is 4. The van der Waals surface area contributed by atoms with Crippen LogP contribution in [0.15, 0.2) is 24.7 Å². The van der Waals surface area contributed by atoms with Crippen molar-refractivity contribution in [3.8, 4) is 10.6 Å². The lowest BCUT2D eigenvalue weighted by atomic mass is 10.1. The molecule has 1 saturated heterocycles. The van der Waals surface area contributed by atoms with E-state index < -0.39 is 36.7 Å². The molecule has 3 aromatic heterocycles. The number of pyridine rings is 1. The van der Waals surface area contributed by atoms with E-state index in [4.69, 9.17) is 11.5 Å². The highest BCUT2D eigenvalue weighted by molar-refractivity contribution is 7.19. The summed E-state index contributed by atoms with van der Waals surface area (Å²) >= 11 is 0.954. The van der Waals surface area contributed by atoms with Crippen molar-refractivity contribution >= 4 is 33.8 Å². The molecule has 9 nitrogen and oxygen atoms in total. The van der Waals surface area contributed by atoms with Gasteiger partial charge in [-0.05, 0) is 12.5 Å². The van der Waals surface area contributed by atoms with Gasteiger partial charge in [0.15, 0.2) is 17.3 Å². The van der Waals surface area contributed by atoms with E-state index in [2.05, 4.69) is 20.4 Å². The standard InChI is InChI=1S/C19H21F3N8OS/c1-29-18(30-5-3-10(23)6-19(21,22)9-30)13(8-26-29)27-16(31)14-15(24)32-17(28-14)11-2-4-25-7-12(11)20/h2,4,7-8,10H,3,5-6,9,23-24H2,1H3,(H,27,31)/t10-/m0/s1. The minimum atomic E-state index is -2.98. The Morgan fingerprint density at radius 3 is 2.91 bits per heavy atom. The van der Waals surface area contributed by atoms with Gasteiger partial charge < -0.3 is 21.7 Å². The first-order valence-corrected chi connectivity index (χ1v) is 10.5. The van der Waals surface area contributed by atoms with Crippen LogP contribution in [-0.2, 0) is 7.05 Å². The van der Waals surface area contributed by atoms with Gasteiger partial charge in [0.25, 0.3) is 11.8 Å². The summed E-state index contributed by atoms with van der Waals surface area (Å²) in [6.07, 6.45) is 3.76. The van der Waals surface area contributed by atoms with Crippen molar-refractivity contribution in [2.45, 2.75) is 24.8 Å². The van der Waals surface area contributed by atoms with Crippen molar-refractivity contribution in [3.63, 3.8) is 0 Å². The van der Waals surface area contributed by atoms with Crippen LogP contribution in [0.3, 0.4) is 0 Å². The van der Waals surface area contributed by atoms with E-state index in [0.717, 1.165) is 17.5 Å². The molecule has 0 bridgehead atoms. The molecule has 0 radical (unpaired) electrons. The third-order valence-corrected chi connectivity index (χ3v) is 6.00. The first-order valence-electron chi connectivity index (χ1n) is 9.72. The number of nitrogens with one attached hydrogen (secondary N) is 1. The maximum Gasteiger partial charge on any atom is 0.277 e. The molecule has 1 fully saturated rings. The summed E-state index contributed by atoms with van der Waals surface area (Å²) in [4.78, 5) is 22.2. The molecule has 170 valence electrons. The van der Waals surface area contributed by atoms with Crippen LogP contribution in [0.25, 0.3) is 10.6 Å². The van der Waals surface area contributed by atoms with E-state index in [9.17, 15) is 18.0 Å². The molecule has 0 saturated carbocycles. The number of nitrogens with zero attached hydrogens (tertiary/aromatic N) is 5. The molecule has 4 rings (SSSR count). The molecule has 32 heavy (non-hydrogen) atoms. The minimum Gasteiger partial charge on any atom is -0.389 e. The average molecular weight is 466 g/mol. The fourth-order valence-corrected chi connectivity index (χ4v) is 4.50. The van der Waals surface area contributed by atoms with Crippen LogP contribution in [0.4, 0.5) is 29.7 Å². The van der Waals surface area contributed by atoms with E-state index in [1.807, 2.05) is 0 Å². The number of carbonyl (C=O) groups is 1. The molecule has 1 aliphatic heterocycles. The van der Waals surface area contributed by atoms with Crippen molar-refractivity contribution in [2.24, 2.45) is 12.8 Å². The van der Waals surface area contributed by atoms with Crippen molar-refractivity contribution in [3.05, 3.63) is 36.2 Å². The van der Waals surface area contributed by atoms with E-state index in [-0.39, 0.29) is 33.5 Å². The average Bonchev–Trinajstić information content (AvgIpc) is 3.23. The lowest BCUT2D eigenvalue weighted by Crippen LogP contribution is -2.37. The zero-order valence-corrected chi connectivity index (χ0v) is 17.9. The fourth-order valence-electron chi connectivity index (χ4n) is 3.65. The summed E-state index contributed by atoms with van der Waals surface area (Å²) in [6, 6.07) is 0.807. The Morgan fingerprint density at radius 2 is 2.16 bits per heavy atom. The van der Waals surface area contributed by atoms with Crippen molar-refractivity contribution in [1.29, 1.82) is 0 Å². The molecule has 0 unspecified atom stereocenters. The predicted molar refractivity (Wildman–Crippen MR) is 115 cm³/mol. The monoisotopic (exact) mass is 466 g/mol. The minimum absolute atomic E-state index is 0.0893. The van der Waals surface area contributed by atoms with E-state index in [0.29, 0.717) is 12.2 Å². The molecular weight excluding hydrogens is 445 g/mol. The number of nitrogen functional groups attached to an aromatic ring is 1. The number of alkyl halides is 2. The van der Waals surface area contributed by atoms with E-state index >= 15 is 0 Å². The van der Waals surface area contributed by atoms with Crippen LogP contribution < -0.4 is 21.7 Å². The Kier molecular flexibility index (Phi) is 5.77. The summed E-state index contributed by atoms with van der Waals surface area (Å²) in [6.45, 7) is -0.267. The molecule has 1 amide bonds. The summed E-state index contributed by atoms with van der Waals surface area (Å²) in [5, 5.41) is 7.06. The summed E-state index contributed by atoms with van der Waals surface area (Å²) in [5.41, 5.74) is 12.0. The number of halogens is 3. The Hall–Kier alpha value is -3.19. The number of aryl methyl sites for hydroxylation is 1. The van der Waals surface area contributed by atoms with Crippen molar-refractivity contribution in [2.75, 3.05) is 29.0 Å². The number of hydrogen-bond donors (Lipinski definition) is 3. The van der Waals surface area contributed by atoms with Gasteiger partial charge in [0.1, 0.15) is 15.7 Å². The zero-order chi connectivity index (χ0) is 23.0. The molecule has 4 heterocycles. The third-order valence-electron chi connectivity index (χ3n) is 5.08. The second-order valence-electron chi connectivity index (χ2n) is 7.58. The maximum absolute atomic E-state index is 14.3. The van der Waals surface area contributed by atoms with E-state index in [1.54, 1.807) is 7.05 Å². The Labute approximate surface area is 185 Å². The quantitative estimate of drug-likeness (QED) is 0.539. The van der Waals surface area contributed by atoms with Gasteiger partial charge in [-0.25, -0.2) is 18.2 Å². The van der Waals surface area contributed by atoms with Crippen LogP contribution in [0.2, 0.25) is 0 Å². The van der Waals surface area contributed by atoms with Gasteiger partial charge in [-0.2, -0.15) is 5.10 Å². The maximum atomic E-state index is 14.3. The Balaban J connectivity index is 1.60. The first-order chi connectivity index (χ1) is 15.1. The Bertz CT molecular complexity index is 1150. The predicted octanol–water partition coefficient (Wildman–Crippen LogP) is 2.48. The lowest BCUT2D eigenvalue weighted by molar-refractivity contribution is -0.000526. The SMILES string of the molecule is Cn1ncc(NC(=O)c2nc(-c3ccncc3F)sc2N)c1N1CC[C@H](N)CC(F)(F)C1. The molecule has 1 aliphatic rings. The number of nitrogens with two attached hydrogens (primary N) is 2. The molecule has 3 aromatic rings. The van der Waals surface area contributed by atoms with Gasteiger partial charge in [-0.3, -0.25) is 14.5 Å². The topological polar surface area (TPSA) is 128 Å². The molecule has 0 aliphatic carbocycles. The zero-order valence-electron chi connectivity index (χ0n) is 17.1. The fraction of sp³-hybridized carbons (Fsp3) is 0.368. The second-order valence-corrected chi connectivity index (χ2v) is 8.61. The molecular formula is C19H21F3N8OS. The molecule has 1 atom stereocenters. The summed E-state index contributed by atoms with van der Waals surface area (Å²) in [5.74, 6) is -3.92. The van der Waals surface area contributed by atoms with Gasteiger partial charge in [0, 0.05) is 37.8 Å². The van der Waals surface area contributed by atoms with Gasteiger partial charge in [0.2, 0.25) is 0 Å². The molecule has 0 aromatic carbocycles. The van der Waals surface area contributed by atoms with Gasteiger partial charge >= 0.3 is 0 Å². The van der Waals surface area contributed by atoms with Crippen LogP contribution in [0.5, 0.6) is 0 Å². The van der Waals surface area contributed by atoms with Crippen LogP contribution in [0.1, 0.15) is 23.3 Å². The molecule has 0 spiro atoms. The lowest BCUT2D eigenvalue weighted by Gasteiger charge is -2.26. The van der Waals surface area contributed by atoms with Gasteiger partial charge in [0.05, 0.1) is 18.9 Å². The highest BCUT2D eigenvalue weighted by Crippen LogP contribution is 2.34. The normalized spacial score (nSPS) is 18.4. The largest absolute Gasteiger partial charge is 0.389 e. The highest BCUT2D eigenvalue weighted by atomic mass is 32.1. The summed E-state index contributed by atoms with van der Waals surface area (Å²) < 4.78 is 44.0. The second kappa shape index (κ2) is 8.39. The molecule has 5 N–H and O–H groups in total. The number of anilines is 3. The van der Waals surface area contributed by atoms with Crippen molar-refractivity contribution < 1.29 is 18.0 Å². The van der Waals surface area contributed by atoms with Crippen molar-refractivity contribution in [1.82, 2.24) is 19.7 Å². The van der Waals surface area contributed by atoms with Gasteiger partial charge in [-0.1, -0.05) is 11.3 Å². The van der Waals surface area contributed by atoms with Crippen LogP contribution in [0, 0.1) is 5.82 Å². The number of carbonyl (C=O) groups excluding carboxylic acids is 1. The number of rotatable bonds is 4. The number of hydrogen-bond acceptors (Lipinski definition) is 8. The van der Waals surface area contributed by atoms with Crippen LogP contribution in [-0.4, -0.2) is 50.7 Å². The van der Waals surface area contributed by atoms with E-state index in [1.165, 1.54) is 28.0 Å². The van der Waals surface area contributed by atoms with Gasteiger partial charge in [-0.15, -0.1) is 0 Å². The Morgan fingerprint density at radius 1 is 1.38 bits per heavy atom. The first kappa shape index (κ1) is 22.0. The smallest absolute Gasteiger partial charge is 0.277 e. The number of thiazole rings is 1. The number of amides is 1. The molecule has 13 heteroatoms. The summed E-state index contributed by atoms with van der Waals surface area (Å²) in [7, 11) is 1.59. The third kappa shape index (κ3) is 4.39.